The minimum atomic E-state index is -3.82. The molecule has 1 aliphatic heterocycles. The first-order chi connectivity index (χ1) is 12.7. The van der Waals surface area contributed by atoms with Crippen molar-refractivity contribution in [3.05, 3.63) is 39.9 Å². The van der Waals surface area contributed by atoms with Gasteiger partial charge >= 0.3 is 6.16 Å². The summed E-state index contributed by atoms with van der Waals surface area (Å²) in [7, 11) is -3.82. The second kappa shape index (κ2) is 8.31. The summed E-state index contributed by atoms with van der Waals surface area (Å²) in [6.45, 7) is -0.000310. The van der Waals surface area contributed by atoms with Gasteiger partial charge in [0.25, 0.3) is 5.69 Å². The third-order valence-corrected chi connectivity index (χ3v) is 6.47. The fourth-order valence-electron chi connectivity index (χ4n) is 2.27. The Labute approximate surface area is 154 Å². The predicted octanol–water partition coefficient (Wildman–Crippen LogP) is 0.116. The molecule has 1 fully saturated rings. The smallest absolute Gasteiger partial charge is 0.433 e. The first-order valence-electron chi connectivity index (χ1n) is 7.83. The van der Waals surface area contributed by atoms with Gasteiger partial charge in [0.1, 0.15) is 24.5 Å². The maximum Gasteiger partial charge on any atom is 0.508 e. The van der Waals surface area contributed by atoms with E-state index in [1.165, 1.54) is 31.2 Å². The summed E-state index contributed by atoms with van der Waals surface area (Å²) in [5.74, 6) is -1.67. The van der Waals surface area contributed by atoms with Crippen LogP contribution in [0.25, 0.3) is 0 Å². The number of nitro groups is 1. The fraction of sp³-hybridized carbons (Fsp3) is 0.467. The number of nitro benzene ring substituents is 1. The van der Waals surface area contributed by atoms with Crippen LogP contribution >= 0.6 is 0 Å². The van der Waals surface area contributed by atoms with Crippen molar-refractivity contribution in [1.82, 2.24) is 5.32 Å². The van der Waals surface area contributed by atoms with E-state index in [-0.39, 0.29) is 12.3 Å². The van der Waals surface area contributed by atoms with E-state index in [1.807, 2.05) is 0 Å². The summed E-state index contributed by atoms with van der Waals surface area (Å²) in [5, 5.41) is 19.5. The van der Waals surface area contributed by atoms with Crippen molar-refractivity contribution in [2.75, 3.05) is 13.2 Å². The number of β-lactam (4-membered cyclic amide) rings is 1. The maximum atomic E-state index is 12.1. The normalized spacial score (nSPS) is 20.1. The number of rotatable bonds is 8. The average molecular weight is 402 g/mol. The third-order valence-electron chi connectivity index (χ3n) is 4.04. The van der Waals surface area contributed by atoms with Crippen molar-refractivity contribution in [2.24, 2.45) is 5.92 Å². The lowest BCUT2D eigenvalue weighted by atomic mass is 10.0. The number of hydrogen-bond acceptors (Lipinski definition) is 9. The van der Waals surface area contributed by atoms with Crippen LogP contribution in [0.4, 0.5) is 10.5 Å². The zero-order valence-corrected chi connectivity index (χ0v) is 15.0. The standard InChI is InChI=1S/C15H18N2O9S/c1-9(6-18)27(23,24)14-12(13(19)16-14)8-26-15(20)25-7-10-2-4-11(5-3-10)17(21)22/h2-5,9,12,14,18H,6-8H2,1H3,(H,16,19)/t9-,12+,14-/m1/s1. The number of carbonyl (C=O) groups is 2. The van der Waals surface area contributed by atoms with Crippen LogP contribution in [-0.2, 0) is 30.7 Å². The Balaban J connectivity index is 1.84. The largest absolute Gasteiger partial charge is 0.508 e. The lowest BCUT2D eigenvalue weighted by Crippen LogP contribution is -2.64. The van der Waals surface area contributed by atoms with Crippen molar-refractivity contribution in [3.63, 3.8) is 0 Å². The summed E-state index contributed by atoms with van der Waals surface area (Å²) in [6.07, 6.45) is -1.11. The van der Waals surface area contributed by atoms with Gasteiger partial charge in [0, 0.05) is 12.1 Å². The van der Waals surface area contributed by atoms with Crippen LogP contribution in [0.5, 0.6) is 0 Å². The molecule has 0 radical (unpaired) electrons. The molecule has 1 aromatic carbocycles. The molecule has 1 aromatic rings. The molecule has 0 aliphatic carbocycles. The molecule has 1 heterocycles. The van der Waals surface area contributed by atoms with E-state index in [9.17, 15) is 28.1 Å². The summed E-state index contributed by atoms with van der Waals surface area (Å²) in [5.41, 5.74) is 0.373. The van der Waals surface area contributed by atoms with Gasteiger partial charge in [0.05, 0.1) is 16.8 Å². The molecule has 0 spiro atoms. The predicted molar refractivity (Wildman–Crippen MR) is 90.1 cm³/mol. The Morgan fingerprint density at radius 1 is 1.33 bits per heavy atom. The lowest BCUT2D eigenvalue weighted by molar-refractivity contribution is -0.384. The fourth-order valence-corrected chi connectivity index (χ4v) is 3.92. The first-order valence-corrected chi connectivity index (χ1v) is 9.44. The Morgan fingerprint density at radius 3 is 2.48 bits per heavy atom. The van der Waals surface area contributed by atoms with E-state index in [1.54, 1.807) is 0 Å². The van der Waals surface area contributed by atoms with Crippen molar-refractivity contribution < 1.29 is 37.5 Å². The van der Waals surface area contributed by atoms with Gasteiger partial charge in [-0.2, -0.15) is 0 Å². The van der Waals surface area contributed by atoms with Crippen LogP contribution in [-0.4, -0.2) is 54.3 Å². The van der Waals surface area contributed by atoms with Gasteiger partial charge in [-0.15, -0.1) is 0 Å². The number of nitrogens with zero attached hydrogens (tertiary/aromatic N) is 1. The SMILES string of the molecule is C[C@H](CO)S(=O)(=O)[C@H]1NC(=O)[C@@H]1COC(=O)OCc1ccc([N+](=O)[O-])cc1. The van der Waals surface area contributed by atoms with Gasteiger partial charge in [-0.3, -0.25) is 14.9 Å². The number of aliphatic hydroxyl groups excluding tert-OH is 1. The van der Waals surface area contributed by atoms with Crippen molar-refractivity contribution in [1.29, 1.82) is 0 Å². The van der Waals surface area contributed by atoms with Crippen molar-refractivity contribution in [3.8, 4) is 0 Å². The Kier molecular flexibility index (Phi) is 6.33. The highest BCUT2D eigenvalue weighted by Gasteiger charge is 2.49. The molecule has 1 aliphatic rings. The summed E-state index contributed by atoms with van der Waals surface area (Å²) < 4.78 is 33.9. The van der Waals surface area contributed by atoms with Gasteiger partial charge in [0.2, 0.25) is 5.91 Å². The minimum Gasteiger partial charge on any atom is -0.433 e. The Morgan fingerprint density at radius 2 is 1.96 bits per heavy atom. The molecule has 0 unspecified atom stereocenters. The van der Waals surface area contributed by atoms with Crippen LogP contribution in [0.1, 0.15) is 12.5 Å². The maximum absolute atomic E-state index is 12.1. The molecular formula is C15H18N2O9S. The minimum absolute atomic E-state index is 0.110. The van der Waals surface area contributed by atoms with Crippen LogP contribution in [0.15, 0.2) is 24.3 Å². The van der Waals surface area contributed by atoms with Crippen molar-refractivity contribution >= 4 is 27.6 Å². The third kappa shape index (κ3) is 4.71. The van der Waals surface area contributed by atoms with Crippen LogP contribution in [0.3, 0.4) is 0 Å². The van der Waals surface area contributed by atoms with E-state index in [0.29, 0.717) is 5.56 Å². The van der Waals surface area contributed by atoms with Gasteiger partial charge < -0.3 is 19.9 Å². The van der Waals surface area contributed by atoms with Gasteiger partial charge in [0.15, 0.2) is 9.84 Å². The summed E-state index contributed by atoms with van der Waals surface area (Å²) in [4.78, 5) is 33.2. The Hall–Kier alpha value is -2.73. The molecule has 2 rings (SSSR count). The number of sulfone groups is 1. The molecule has 0 bridgehead atoms. The lowest BCUT2D eigenvalue weighted by Gasteiger charge is -2.36. The highest BCUT2D eigenvalue weighted by Crippen LogP contribution is 2.24. The van der Waals surface area contributed by atoms with Crippen LogP contribution < -0.4 is 5.32 Å². The molecular weight excluding hydrogens is 384 g/mol. The Bertz CT molecular complexity index is 822. The summed E-state index contributed by atoms with van der Waals surface area (Å²) in [6, 6.07) is 5.31. The van der Waals surface area contributed by atoms with E-state index in [4.69, 9.17) is 14.6 Å². The molecule has 3 atom stereocenters. The van der Waals surface area contributed by atoms with Crippen molar-refractivity contribution in [2.45, 2.75) is 24.2 Å². The number of amides is 1. The average Bonchev–Trinajstić information content (AvgIpc) is 2.63. The van der Waals surface area contributed by atoms with E-state index in [2.05, 4.69) is 5.32 Å². The number of nitrogens with one attached hydrogen (secondary N) is 1. The molecule has 27 heavy (non-hydrogen) atoms. The van der Waals surface area contributed by atoms with Crippen LogP contribution in [0, 0.1) is 16.0 Å². The van der Waals surface area contributed by atoms with Gasteiger partial charge in [-0.25, -0.2) is 13.2 Å². The monoisotopic (exact) mass is 402 g/mol. The highest BCUT2D eigenvalue weighted by atomic mass is 32.2. The van der Waals surface area contributed by atoms with Gasteiger partial charge in [-0.05, 0) is 24.6 Å². The van der Waals surface area contributed by atoms with Crippen LogP contribution in [0.2, 0.25) is 0 Å². The topological polar surface area (TPSA) is 162 Å². The quantitative estimate of drug-likeness (QED) is 0.266. The zero-order valence-electron chi connectivity index (χ0n) is 14.2. The zero-order chi connectivity index (χ0) is 20.2. The molecule has 148 valence electrons. The molecule has 1 saturated heterocycles. The molecule has 0 aromatic heterocycles. The highest BCUT2D eigenvalue weighted by molar-refractivity contribution is 7.92. The molecule has 12 heteroatoms. The number of ether oxygens (including phenoxy) is 2. The van der Waals surface area contributed by atoms with E-state index in [0.717, 1.165) is 0 Å². The van der Waals surface area contributed by atoms with E-state index < -0.39 is 56.6 Å². The molecule has 11 nitrogen and oxygen atoms in total. The number of carbonyl (C=O) groups excluding carboxylic acids is 2. The first kappa shape index (κ1) is 20.6. The number of non-ortho nitro benzene ring substituents is 1. The van der Waals surface area contributed by atoms with Gasteiger partial charge in [-0.1, -0.05) is 0 Å². The number of hydrogen-bond donors (Lipinski definition) is 2. The second-order valence-electron chi connectivity index (χ2n) is 5.89. The molecule has 2 N–H and O–H groups in total. The number of benzene rings is 1. The molecule has 0 saturated carbocycles. The second-order valence-corrected chi connectivity index (χ2v) is 8.38. The number of aliphatic hydroxyl groups is 1. The van der Waals surface area contributed by atoms with E-state index >= 15 is 0 Å². The summed E-state index contributed by atoms with van der Waals surface area (Å²) >= 11 is 0. The molecule has 1 amide bonds.